The zero-order valence-electron chi connectivity index (χ0n) is 9.07. The van der Waals surface area contributed by atoms with Crippen LogP contribution in [0.5, 0.6) is 0 Å². The van der Waals surface area contributed by atoms with Crippen molar-refractivity contribution in [2.24, 2.45) is 12.8 Å². The Hall–Kier alpha value is -1.32. The highest BCUT2D eigenvalue weighted by Gasteiger charge is 2.16. The quantitative estimate of drug-likeness (QED) is 0.778. The second-order valence-corrected chi connectivity index (χ2v) is 3.86. The van der Waals surface area contributed by atoms with Gasteiger partial charge in [0.25, 0.3) is 0 Å². The van der Waals surface area contributed by atoms with E-state index in [0.717, 1.165) is 22.2 Å². The van der Waals surface area contributed by atoms with Gasteiger partial charge < -0.3 is 15.4 Å². The van der Waals surface area contributed by atoms with Crippen LogP contribution in [0.2, 0.25) is 0 Å². The van der Waals surface area contributed by atoms with E-state index >= 15 is 0 Å². The zero-order chi connectivity index (χ0) is 11.0. The molecular weight excluding hydrogens is 188 g/mol. The zero-order valence-corrected chi connectivity index (χ0v) is 9.07. The second-order valence-electron chi connectivity index (χ2n) is 3.86. The Morgan fingerprint density at radius 2 is 2.07 bits per heavy atom. The van der Waals surface area contributed by atoms with Gasteiger partial charge >= 0.3 is 0 Å². The Morgan fingerprint density at radius 1 is 1.40 bits per heavy atom. The number of para-hydroxylation sites is 1. The van der Waals surface area contributed by atoms with E-state index in [2.05, 4.69) is 10.6 Å². The van der Waals surface area contributed by atoms with Crippen LogP contribution in [-0.2, 0) is 7.05 Å². The molecule has 1 atom stereocenters. The molecule has 1 aromatic heterocycles. The molecule has 0 aliphatic carbocycles. The monoisotopic (exact) mass is 204 g/mol. The van der Waals surface area contributed by atoms with Crippen molar-refractivity contribution in [1.29, 1.82) is 0 Å². The highest BCUT2D eigenvalue weighted by Crippen LogP contribution is 2.28. The van der Waals surface area contributed by atoms with Gasteiger partial charge in [-0.3, -0.25) is 0 Å². The molecule has 0 saturated heterocycles. The van der Waals surface area contributed by atoms with Crippen molar-refractivity contribution in [3.05, 3.63) is 35.5 Å². The number of nitrogens with two attached hydrogens (primary N) is 1. The van der Waals surface area contributed by atoms with Gasteiger partial charge in [0.05, 0.1) is 12.6 Å². The summed E-state index contributed by atoms with van der Waals surface area (Å²) in [7, 11) is 2.02. The molecule has 80 valence electrons. The SMILES string of the molecule is Cc1c(C(N)CO)c2ccccc2n1C. The van der Waals surface area contributed by atoms with E-state index in [1.54, 1.807) is 0 Å². The molecule has 0 spiro atoms. The van der Waals surface area contributed by atoms with Crippen LogP contribution >= 0.6 is 0 Å². The van der Waals surface area contributed by atoms with Crippen LogP contribution in [0.15, 0.2) is 24.3 Å². The first kappa shape index (κ1) is 10.2. The number of rotatable bonds is 2. The molecule has 0 amide bonds. The van der Waals surface area contributed by atoms with Crippen LogP contribution in [0, 0.1) is 6.92 Å². The van der Waals surface area contributed by atoms with E-state index < -0.39 is 0 Å². The van der Waals surface area contributed by atoms with Gasteiger partial charge in [0.1, 0.15) is 0 Å². The first-order chi connectivity index (χ1) is 7.16. The number of aliphatic hydroxyl groups is 1. The molecular formula is C12H16N2O. The lowest BCUT2D eigenvalue weighted by Gasteiger charge is -2.08. The number of nitrogens with zero attached hydrogens (tertiary/aromatic N) is 1. The fourth-order valence-corrected chi connectivity index (χ4v) is 2.11. The molecule has 3 nitrogen and oxygen atoms in total. The van der Waals surface area contributed by atoms with Crippen molar-refractivity contribution >= 4 is 10.9 Å². The third-order valence-corrected chi connectivity index (χ3v) is 3.02. The fraction of sp³-hybridized carbons (Fsp3) is 0.333. The summed E-state index contributed by atoms with van der Waals surface area (Å²) in [6.45, 7) is 2.01. The number of aliphatic hydroxyl groups excluding tert-OH is 1. The smallest absolute Gasteiger partial charge is 0.0625 e. The Labute approximate surface area is 89.1 Å². The molecule has 3 heteroatoms. The van der Waals surface area contributed by atoms with Crippen LogP contribution < -0.4 is 5.73 Å². The van der Waals surface area contributed by atoms with Crippen molar-refractivity contribution in [2.75, 3.05) is 6.61 Å². The van der Waals surface area contributed by atoms with Gasteiger partial charge in [0.2, 0.25) is 0 Å². The number of benzene rings is 1. The maximum atomic E-state index is 9.15. The molecule has 15 heavy (non-hydrogen) atoms. The summed E-state index contributed by atoms with van der Waals surface area (Å²) >= 11 is 0. The predicted molar refractivity (Wildman–Crippen MR) is 61.7 cm³/mol. The molecule has 0 saturated carbocycles. The predicted octanol–water partition coefficient (Wildman–Crippen LogP) is 1.48. The summed E-state index contributed by atoms with van der Waals surface area (Å²) in [4.78, 5) is 0. The van der Waals surface area contributed by atoms with Crippen molar-refractivity contribution in [1.82, 2.24) is 4.57 Å². The van der Waals surface area contributed by atoms with E-state index in [4.69, 9.17) is 10.8 Å². The lowest BCUT2D eigenvalue weighted by molar-refractivity contribution is 0.268. The molecule has 0 bridgehead atoms. The van der Waals surface area contributed by atoms with Crippen molar-refractivity contribution in [3.8, 4) is 0 Å². The normalized spacial score (nSPS) is 13.3. The van der Waals surface area contributed by atoms with Gasteiger partial charge in [-0.1, -0.05) is 18.2 Å². The van der Waals surface area contributed by atoms with Crippen LogP contribution in [0.1, 0.15) is 17.3 Å². The van der Waals surface area contributed by atoms with Crippen LogP contribution in [0.4, 0.5) is 0 Å². The number of hydrogen-bond donors (Lipinski definition) is 2. The topological polar surface area (TPSA) is 51.2 Å². The maximum absolute atomic E-state index is 9.15. The summed E-state index contributed by atoms with van der Waals surface area (Å²) < 4.78 is 2.11. The number of aromatic nitrogens is 1. The summed E-state index contributed by atoms with van der Waals surface area (Å²) in [6, 6.07) is 7.82. The Bertz CT molecular complexity index is 488. The van der Waals surface area contributed by atoms with E-state index in [1.807, 2.05) is 32.2 Å². The highest BCUT2D eigenvalue weighted by molar-refractivity contribution is 5.85. The van der Waals surface area contributed by atoms with Gasteiger partial charge in [-0.15, -0.1) is 0 Å². The first-order valence-electron chi connectivity index (χ1n) is 5.07. The van der Waals surface area contributed by atoms with E-state index in [9.17, 15) is 0 Å². The summed E-state index contributed by atoms with van der Waals surface area (Å²) in [6.07, 6.45) is 0. The summed E-state index contributed by atoms with van der Waals surface area (Å²) in [5.41, 5.74) is 9.25. The average molecular weight is 204 g/mol. The Balaban J connectivity index is 2.77. The first-order valence-corrected chi connectivity index (χ1v) is 5.07. The second kappa shape index (κ2) is 3.68. The average Bonchev–Trinajstić information content (AvgIpc) is 2.52. The molecule has 0 aliphatic rings. The lowest BCUT2D eigenvalue weighted by Crippen LogP contribution is -2.15. The van der Waals surface area contributed by atoms with Crippen molar-refractivity contribution < 1.29 is 5.11 Å². The van der Waals surface area contributed by atoms with Crippen LogP contribution in [0.25, 0.3) is 10.9 Å². The number of hydrogen-bond acceptors (Lipinski definition) is 2. The lowest BCUT2D eigenvalue weighted by atomic mass is 10.0. The third kappa shape index (κ3) is 1.44. The van der Waals surface area contributed by atoms with Crippen LogP contribution in [0.3, 0.4) is 0 Å². The van der Waals surface area contributed by atoms with E-state index in [0.29, 0.717) is 0 Å². The minimum atomic E-state index is -0.295. The molecule has 0 radical (unpaired) electrons. The number of fused-ring (bicyclic) bond motifs is 1. The fourth-order valence-electron chi connectivity index (χ4n) is 2.11. The third-order valence-electron chi connectivity index (χ3n) is 3.02. The number of aryl methyl sites for hydroxylation is 1. The molecule has 1 heterocycles. The molecule has 2 rings (SSSR count). The minimum absolute atomic E-state index is 0.0190. The van der Waals surface area contributed by atoms with Crippen molar-refractivity contribution in [3.63, 3.8) is 0 Å². The molecule has 1 unspecified atom stereocenters. The molecule has 1 aromatic carbocycles. The summed E-state index contributed by atoms with van der Waals surface area (Å²) in [5, 5.41) is 10.3. The summed E-state index contributed by atoms with van der Waals surface area (Å²) in [5.74, 6) is 0. The molecule has 3 N–H and O–H groups in total. The Kier molecular flexibility index (Phi) is 2.50. The highest BCUT2D eigenvalue weighted by atomic mass is 16.3. The molecule has 2 aromatic rings. The Morgan fingerprint density at radius 3 is 2.73 bits per heavy atom. The van der Waals surface area contributed by atoms with E-state index in [1.165, 1.54) is 0 Å². The standard InChI is InChI=1S/C12H16N2O/c1-8-12(10(13)7-15)9-5-3-4-6-11(9)14(8)2/h3-6,10,15H,7,13H2,1-2H3. The van der Waals surface area contributed by atoms with Gasteiger partial charge in [0, 0.05) is 23.6 Å². The van der Waals surface area contributed by atoms with Gasteiger partial charge in [0.15, 0.2) is 0 Å². The maximum Gasteiger partial charge on any atom is 0.0625 e. The van der Waals surface area contributed by atoms with Gasteiger partial charge in [-0.2, -0.15) is 0 Å². The molecule has 0 aliphatic heterocycles. The van der Waals surface area contributed by atoms with Crippen molar-refractivity contribution in [2.45, 2.75) is 13.0 Å². The van der Waals surface area contributed by atoms with Crippen LogP contribution in [-0.4, -0.2) is 16.3 Å². The van der Waals surface area contributed by atoms with Gasteiger partial charge in [-0.25, -0.2) is 0 Å². The van der Waals surface area contributed by atoms with Gasteiger partial charge in [-0.05, 0) is 18.6 Å². The largest absolute Gasteiger partial charge is 0.394 e. The molecule has 0 fully saturated rings. The van der Waals surface area contributed by atoms with E-state index in [-0.39, 0.29) is 12.6 Å². The minimum Gasteiger partial charge on any atom is -0.394 e.